The SMILES string of the molecule is Bc1ccc(-c2ccccc2)c(N)c1. The van der Waals surface area contributed by atoms with Gasteiger partial charge in [0.05, 0.1) is 0 Å². The minimum Gasteiger partial charge on any atom is -0.398 e. The zero-order valence-corrected chi connectivity index (χ0v) is 8.20. The number of hydrogen-bond acceptors (Lipinski definition) is 1. The van der Waals surface area contributed by atoms with Crippen LogP contribution in [0.25, 0.3) is 11.1 Å². The maximum Gasteiger partial charge on any atom is 0.139 e. The van der Waals surface area contributed by atoms with Gasteiger partial charge in [0.2, 0.25) is 0 Å². The Labute approximate surface area is 85.0 Å². The van der Waals surface area contributed by atoms with Crippen molar-refractivity contribution in [2.45, 2.75) is 0 Å². The first-order chi connectivity index (χ1) is 6.77. The quantitative estimate of drug-likeness (QED) is 0.519. The molecule has 2 rings (SSSR count). The van der Waals surface area contributed by atoms with E-state index in [2.05, 4.69) is 24.3 Å². The van der Waals surface area contributed by atoms with Crippen LogP contribution < -0.4 is 11.2 Å². The first kappa shape index (κ1) is 8.88. The first-order valence-electron chi connectivity index (χ1n) is 4.69. The molecule has 14 heavy (non-hydrogen) atoms. The first-order valence-corrected chi connectivity index (χ1v) is 4.69. The molecule has 0 aliphatic rings. The van der Waals surface area contributed by atoms with Gasteiger partial charge in [-0.1, -0.05) is 47.9 Å². The molecule has 2 aromatic carbocycles. The second kappa shape index (κ2) is 3.58. The smallest absolute Gasteiger partial charge is 0.139 e. The Morgan fingerprint density at radius 2 is 1.64 bits per heavy atom. The summed E-state index contributed by atoms with van der Waals surface area (Å²) in [5, 5.41) is 0. The van der Waals surface area contributed by atoms with Crippen LogP contribution in [0.3, 0.4) is 0 Å². The molecule has 0 aliphatic heterocycles. The van der Waals surface area contributed by atoms with Gasteiger partial charge in [0.15, 0.2) is 0 Å². The summed E-state index contributed by atoms with van der Waals surface area (Å²) in [4.78, 5) is 0. The molecule has 0 spiro atoms. The molecular formula is C12H12BN. The Bertz CT molecular complexity index is 437. The zero-order valence-electron chi connectivity index (χ0n) is 8.20. The number of nitrogen functional groups attached to an aromatic ring is 1. The molecule has 0 fully saturated rings. The Kier molecular flexibility index (Phi) is 2.27. The summed E-state index contributed by atoms with van der Waals surface area (Å²) < 4.78 is 0. The number of benzene rings is 2. The van der Waals surface area contributed by atoms with Gasteiger partial charge in [-0.2, -0.15) is 0 Å². The summed E-state index contributed by atoms with van der Waals surface area (Å²) in [6.45, 7) is 0. The second-order valence-electron chi connectivity index (χ2n) is 3.46. The summed E-state index contributed by atoms with van der Waals surface area (Å²) in [6, 6.07) is 16.3. The normalized spacial score (nSPS) is 10.0. The van der Waals surface area contributed by atoms with Crippen LogP contribution in [0, 0.1) is 0 Å². The molecule has 0 amide bonds. The van der Waals surface area contributed by atoms with Crippen LogP contribution in [0.2, 0.25) is 0 Å². The van der Waals surface area contributed by atoms with Crippen LogP contribution >= 0.6 is 0 Å². The third-order valence-electron chi connectivity index (χ3n) is 2.29. The average Bonchev–Trinajstić information content (AvgIpc) is 2.19. The molecule has 0 bridgehead atoms. The van der Waals surface area contributed by atoms with Crippen molar-refractivity contribution in [3.05, 3.63) is 48.5 Å². The van der Waals surface area contributed by atoms with Crippen LogP contribution in [-0.4, -0.2) is 7.85 Å². The van der Waals surface area contributed by atoms with Crippen LogP contribution in [-0.2, 0) is 0 Å². The fourth-order valence-electron chi connectivity index (χ4n) is 1.56. The maximum atomic E-state index is 5.95. The van der Waals surface area contributed by atoms with Gasteiger partial charge >= 0.3 is 0 Å². The molecule has 2 N–H and O–H groups in total. The lowest BCUT2D eigenvalue weighted by atomic mass is 9.92. The van der Waals surface area contributed by atoms with E-state index in [1.54, 1.807) is 0 Å². The summed E-state index contributed by atoms with van der Waals surface area (Å²) in [5.74, 6) is 0. The lowest BCUT2D eigenvalue weighted by Gasteiger charge is -2.06. The monoisotopic (exact) mass is 181 g/mol. The van der Waals surface area contributed by atoms with Gasteiger partial charge in [0, 0.05) is 11.3 Å². The molecule has 0 heterocycles. The third-order valence-corrected chi connectivity index (χ3v) is 2.29. The zero-order chi connectivity index (χ0) is 9.97. The molecule has 0 saturated carbocycles. The lowest BCUT2D eigenvalue weighted by molar-refractivity contribution is 1.63. The highest BCUT2D eigenvalue weighted by molar-refractivity contribution is 6.32. The van der Waals surface area contributed by atoms with Crippen molar-refractivity contribution in [2.24, 2.45) is 0 Å². The van der Waals surface area contributed by atoms with Gasteiger partial charge in [-0.25, -0.2) is 0 Å². The molecule has 0 radical (unpaired) electrons. The van der Waals surface area contributed by atoms with E-state index in [0.717, 1.165) is 11.3 Å². The molecule has 68 valence electrons. The molecule has 0 unspecified atom stereocenters. The molecule has 0 aliphatic carbocycles. The number of hydrogen-bond donors (Lipinski definition) is 1. The van der Waals surface area contributed by atoms with E-state index in [4.69, 9.17) is 5.73 Å². The third kappa shape index (κ3) is 1.64. The second-order valence-corrected chi connectivity index (χ2v) is 3.46. The van der Waals surface area contributed by atoms with Crippen molar-refractivity contribution < 1.29 is 0 Å². The van der Waals surface area contributed by atoms with E-state index in [0.29, 0.717) is 0 Å². The maximum absolute atomic E-state index is 5.95. The Balaban J connectivity index is 2.53. The van der Waals surface area contributed by atoms with Crippen molar-refractivity contribution in [3.63, 3.8) is 0 Å². The molecule has 0 atom stereocenters. The molecule has 0 saturated heterocycles. The van der Waals surface area contributed by atoms with Gasteiger partial charge in [0.25, 0.3) is 0 Å². The van der Waals surface area contributed by atoms with E-state index in [-0.39, 0.29) is 0 Å². The van der Waals surface area contributed by atoms with E-state index in [9.17, 15) is 0 Å². The van der Waals surface area contributed by atoms with E-state index < -0.39 is 0 Å². The number of rotatable bonds is 1. The topological polar surface area (TPSA) is 26.0 Å². The Morgan fingerprint density at radius 1 is 0.929 bits per heavy atom. The van der Waals surface area contributed by atoms with Crippen molar-refractivity contribution in [1.82, 2.24) is 0 Å². The molecule has 2 aromatic rings. The van der Waals surface area contributed by atoms with Gasteiger partial charge in [-0.15, -0.1) is 0 Å². The molecule has 2 heteroatoms. The van der Waals surface area contributed by atoms with Gasteiger partial charge < -0.3 is 5.73 Å². The Morgan fingerprint density at radius 3 is 2.29 bits per heavy atom. The summed E-state index contributed by atoms with van der Waals surface area (Å²) in [5.41, 5.74) is 10.3. The molecular weight excluding hydrogens is 169 g/mol. The van der Waals surface area contributed by atoms with Crippen LogP contribution in [0.5, 0.6) is 0 Å². The van der Waals surface area contributed by atoms with E-state index in [1.165, 1.54) is 11.0 Å². The highest BCUT2D eigenvalue weighted by Crippen LogP contribution is 2.23. The van der Waals surface area contributed by atoms with Crippen molar-refractivity contribution >= 4 is 19.0 Å². The predicted octanol–water partition coefficient (Wildman–Crippen LogP) is 1.19. The minimum atomic E-state index is 0.844. The molecule has 1 nitrogen and oxygen atoms in total. The minimum absolute atomic E-state index is 0.844. The number of anilines is 1. The fourth-order valence-corrected chi connectivity index (χ4v) is 1.56. The molecule has 0 aromatic heterocycles. The van der Waals surface area contributed by atoms with Crippen LogP contribution in [0.1, 0.15) is 0 Å². The Hall–Kier alpha value is -1.70. The highest BCUT2D eigenvalue weighted by Gasteiger charge is 2.00. The fraction of sp³-hybridized carbons (Fsp3) is 0. The van der Waals surface area contributed by atoms with Crippen molar-refractivity contribution in [2.75, 3.05) is 5.73 Å². The van der Waals surface area contributed by atoms with E-state index in [1.807, 2.05) is 32.1 Å². The van der Waals surface area contributed by atoms with Crippen molar-refractivity contribution in [1.29, 1.82) is 0 Å². The van der Waals surface area contributed by atoms with Gasteiger partial charge in [0.1, 0.15) is 7.85 Å². The summed E-state index contributed by atoms with van der Waals surface area (Å²) >= 11 is 0. The van der Waals surface area contributed by atoms with Gasteiger partial charge in [-0.3, -0.25) is 0 Å². The average molecular weight is 181 g/mol. The largest absolute Gasteiger partial charge is 0.398 e. The summed E-state index contributed by atoms with van der Waals surface area (Å²) in [7, 11) is 2.05. The van der Waals surface area contributed by atoms with E-state index >= 15 is 0 Å². The predicted molar refractivity (Wildman–Crippen MR) is 64.5 cm³/mol. The lowest BCUT2D eigenvalue weighted by Crippen LogP contribution is -2.03. The number of nitrogens with two attached hydrogens (primary N) is 1. The van der Waals surface area contributed by atoms with Crippen LogP contribution in [0.15, 0.2) is 48.5 Å². The van der Waals surface area contributed by atoms with Crippen LogP contribution in [0.4, 0.5) is 5.69 Å². The van der Waals surface area contributed by atoms with Gasteiger partial charge in [-0.05, 0) is 11.6 Å². The standard InChI is InChI=1S/C12H12BN/c13-10-6-7-11(12(14)8-10)9-4-2-1-3-5-9/h1-8H,13-14H2. The summed E-state index contributed by atoms with van der Waals surface area (Å²) in [6.07, 6.45) is 0. The van der Waals surface area contributed by atoms with Crippen molar-refractivity contribution in [3.8, 4) is 11.1 Å². The highest BCUT2D eigenvalue weighted by atomic mass is 14.6.